The Labute approximate surface area is 191 Å². The molecule has 0 saturated carbocycles. The molecule has 1 atom stereocenters. The van der Waals surface area contributed by atoms with Crippen LogP contribution in [0.4, 0.5) is 5.69 Å². The van der Waals surface area contributed by atoms with E-state index < -0.39 is 0 Å². The largest absolute Gasteiger partial charge is 0.398 e. The number of allylic oxidation sites excluding steroid dienone is 1. The summed E-state index contributed by atoms with van der Waals surface area (Å²) in [4.78, 5) is 24.0. The number of benzene rings is 2. The minimum Gasteiger partial charge on any atom is -0.398 e. The summed E-state index contributed by atoms with van der Waals surface area (Å²) in [5.74, 6) is -0.0649. The number of piperidine rings is 1. The Morgan fingerprint density at radius 2 is 1.84 bits per heavy atom. The summed E-state index contributed by atoms with van der Waals surface area (Å²) in [5.41, 5.74) is 15.6. The molecule has 0 aromatic heterocycles. The Balaban J connectivity index is 0.000000235. The molecule has 5 N–H and O–H groups in total. The van der Waals surface area contributed by atoms with Gasteiger partial charge in [-0.05, 0) is 76.2 Å². The number of aldehydes is 1. The van der Waals surface area contributed by atoms with Crippen molar-refractivity contribution in [2.75, 3.05) is 25.9 Å². The van der Waals surface area contributed by atoms with Crippen molar-refractivity contribution >= 4 is 23.3 Å². The van der Waals surface area contributed by atoms with Crippen LogP contribution >= 0.6 is 0 Å². The van der Waals surface area contributed by atoms with Crippen molar-refractivity contribution in [1.29, 1.82) is 0 Å². The molecule has 0 radical (unpaired) electrons. The van der Waals surface area contributed by atoms with E-state index in [2.05, 4.69) is 55.0 Å². The summed E-state index contributed by atoms with van der Waals surface area (Å²) in [6.45, 7) is 10.3. The first-order chi connectivity index (χ1) is 15.2. The van der Waals surface area contributed by atoms with E-state index in [9.17, 15) is 9.59 Å². The first-order valence-electron chi connectivity index (χ1n) is 11.0. The maximum absolute atomic E-state index is 11.1. The molecular formula is C26H36N4O2. The lowest BCUT2D eigenvalue weighted by atomic mass is 10.0. The van der Waals surface area contributed by atoms with Crippen LogP contribution in [0.2, 0.25) is 0 Å². The molecule has 1 aliphatic rings. The molecule has 0 amide bonds. The number of nitrogens with zero attached hydrogens (tertiary/aromatic N) is 1. The van der Waals surface area contributed by atoms with Crippen LogP contribution in [0.25, 0.3) is 5.57 Å². The van der Waals surface area contributed by atoms with Gasteiger partial charge in [-0.2, -0.15) is 0 Å². The van der Waals surface area contributed by atoms with Gasteiger partial charge < -0.3 is 21.7 Å². The van der Waals surface area contributed by atoms with Gasteiger partial charge in [0.2, 0.25) is 0 Å². The molecule has 1 heterocycles. The molecule has 0 bridgehead atoms. The minimum atomic E-state index is -0.0649. The molecule has 6 nitrogen and oxygen atoms in total. The third-order valence-corrected chi connectivity index (χ3v) is 5.87. The number of rotatable bonds is 7. The lowest BCUT2D eigenvalue weighted by molar-refractivity contribution is -0.103. The predicted molar refractivity (Wildman–Crippen MR) is 132 cm³/mol. The molecule has 1 unspecified atom stereocenters. The van der Waals surface area contributed by atoms with E-state index >= 15 is 0 Å². The second kappa shape index (κ2) is 12.3. The Hall–Kier alpha value is -2.80. The minimum absolute atomic E-state index is 0.0649. The molecule has 2 aromatic rings. The lowest BCUT2D eigenvalue weighted by Gasteiger charge is -2.31. The fourth-order valence-electron chi connectivity index (χ4n) is 3.68. The SMILES string of the molecule is C=C(C=O)c1cc(C(C)=O)ccc1N.CC(NC1CCN(C)CC1)c1ccc(CN)cc1. The van der Waals surface area contributed by atoms with Crippen LogP contribution < -0.4 is 16.8 Å². The first kappa shape index (κ1) is 25.5. The Morgan fingerprint density at radius 1 is 1.22 bits per heavy atom. The highest BCUT2D eigenvalue weighted by atomic mass is 16.1. The quantitative estimate of drug-likeness (QED) is 0.265. The number of hydrogen-bond donors (Lipinski definition) is 3. The van der Waals surface area contributed by atoms with Crippen LogP contribution in [0.5, 0.6) is 0 Å². The van der Waals surface area contributed by atoms with E-state index in [1.807, 2.05) is 0 Å². The van der Waals surface area contributed by atoms with Gasteiger partial charge in [0.15, 0.2) is 5.78 Å². The zero-order valence-corrected chi connectivity index (χ0v) is 19.4. The molecule has 0 spiro atoms. The van der Waals surface area contributed by atoms with Gasteiger partial charge >= 0.3 is 0 Å². The summed E-state index contributed by atoms with van der Waals surface area (Å²) in [5, 5.41) is 3.74. The van der Waals surface area contributed by atoms with Crippen molar-refractivity contribution in [2.45, 2.75) is 45.3 Å². The summed E-state index contributed by atoms with van der Waals surface area (Å²) < 4.78 is 0. The second-order valence-electron chi connectivity index (χ2n) is 8.41. The van der Waals surface area contributed by atoms with E-state index in [4.69, 9.17) is 11.5 Å². The third-order valence-electron chi connectivity index (χ3n) is 5.87. The van der Waals surface area contributed by atoms with E-state index in [1.54, 1.807) is 18.2 Å². The van der Waals surface area contributed by atoms with Crippen LogP contribution in [-0.4, -0.2) is 43.1 Å². The number of ketones is 1. The number of Topliss-reactive ketones (excluding diaryl/α,β-unsaturated/α-hetero) is 1. The van der Waals surface area contributed by atoms with Gasteiger partial charge in [0.25, 0.3) is 0 Å². The topological polar surface area (TPSA) is 101 Å². The Morgan fingerprint density at radius 3 is 2.38 bits per heavy atom. The zero-order chi connectivity index (χ0) is 23.7. The van der Waals surface area contributed by atoms with Crippen LogP contribution in [0, 0.1) is 0 Å². The maximum Gasteiger partial charge on any atom is 0.159 e. The van der Waals surface area contributed by atoms with Crippen LogP contribution in [-0.2, 0) is 11.3 Å². The third kappa shape index (κ3) is 7.41. The molecule has 3 rings (SSSR count). The number of carbonyl (C=O) groups excluding carboxylic acids is 2. The Kier molecular flexibility index (Phi) is 9.78. The average Bonchev–Trinajstić information content (AvgIpc) is 2.80. The molecular weight excluding hydrogens is 400 g/mol. The van der Waals surface area contributed by atoms with Crippen molar-refractivity contribution in [3.05, 3.63) is 71.3 Å². The van der Waals surface area contributed by atoms with Gasteiger partial charge in [-0.1, -0.05) is 30.8 Å². The van der Waals surface area contributed by atoms with Crippen LogP contribution in [0.3, 0.4) is 0 Å². The highest BCUT2D eigenvalue weighted by Crippen LogP contribution is 2.20. The number of nitrogens with one attached hydrogen (secondary N) is 1. The van der Waals surface area contributed by atoms with Gasteiger partial charge in [-0.15, -0.1) is 0 Å². The van der Waals surface area contributed by atoms with Gasteiger partial charge in [-0.25, -0.2) is 0 Å². The van der Waals surface area contributed by atoms with Crippen molar-refractivity contribution in [2.24, 2.45) is 5.73 Å². The molecule has 2 aromatic carbocycles. The molecule has 172 valence electrons. The zero-order valence-electron chi connectivity index (χ0n) is 19.4. The highest BCUT2D eigenvalue weighted by molar-refractivity contribution is 6.09. The molecule has 32 heavy (non-hydrogen) atoms. The molecule has 1 aliphatic heterocycles. The maximum atomic E-state index is 11.1. The normalized spacial score (nSPS) is 15.4. The van der Waals surface area contributed by atoms with Gasteiger partial charge in [0.05, 0.1) is 0 Å². The summed E-state index contributed by atoms with van der Waals surface area (Å²) in [7, 11) is 2.20. The lowest BCUT2D eigenvalue weighted by Crippen LogP contribution is -2.41. The highest BCUT2D eigenvalue weighted by Gasteiger charge is 2.18. The van der Waals surface area contributed by atoms with Crippen LogP contribution in [0.1, 0.15) is 59.8 Å². The number of nitrogen functional groups attached to an aromatic ring is 1. The molecule has 1 fully saturated rings. The first-order valence-corrected chi connectivity index (χ1v) is 11.0. The molecule has 1 saturated heterocycles. The van der Waals surface area contributed by atoms with Crippen molar-refractivity contribution < 1.29 is 9.59 Å². The van der Waals surface area contributed by atoms with E-state index in [-0.39, 0.29) is 11.4 Å². The van der Waals surface area contributed by atoms with Crippen molar-refractivity contribution in [3.8, 4) is 0 Å². The average molecular weight is 437 g/mol. The van der Waals surface area contributed by atoms with Crippen molar-refractivity contribution in [1.82, 2.24) is 10.2 Å². The molecule has 0 aliphatic carbocycles. The van der Waals surface area contributed by atoms with Gasteiger partial charge in [-0.3, -0.25) is 9.59 Å². The summed E-state index contributed by atoms with van der Waals surface area (Å²) in [6, 6.07) is 14.5. The summed E-state index contributed by atoms with van der Waals surface area (Å²) in [6.07, 6.45) is 3.12. The van der Waals surface area contributed by atoms with E-state index in [1.165, 1.54) is 44.0 Å². The van der Waals surface area contributed by atoms with E-state index in [0.717, 1.165) is 0 Å². The standard InChI is InChI=1S/C15H25N3.C11H11NO2/c1-12(14-5-3-13(11-16)4-6-14)17-15-7-9-18(2)10-8-15;1-7(6-13)10-5-9(8(2)14)3-4-11(10)12/h3-6,12,15,17H,7-11,16H2,1-2H3;3-6H,1,12H2,2H3. The number of anilines is 1. The Bertz CT molecular complexity index is 916. The number of hydrogen-bond acceptors (Lipinski definition) is 6. The fraction of sp³-hybridized carbons (Fsp3) is 0.385. The van der Waals surface area contributed by atoms with E-state index in [0.29, 0.717) is 41.7 Å². The van der Waals surface area contributed by atoms with Gasteiger partial charge in [0, 0.05) is 41.0 Å². The number of carbonyl (C=O) groups is 2. The smallest absolute Gasteiger partial charge is 0.159 e. The number of likely N-dealkylation sites (tertiary alicyclic amines) is 1. The number of nitrogens with two attached hydrogens (primary N) is 2. The van der Waals surface area contributed by atoms with Crippen molar-refractivity contribution in [3.63, 3.8) is 0 Å². The molecule has 6 heteroatoms. The van der Waals surface area contributed by atoms with Crippen LogP contribution in [0.15, 0.2) is 49.0 Å². The van der Waals surface area contributed by atoms with Gasteiger partial charge in [0.1, 0.15) is 6.29 Å². The monoisotopic (exact) mass is 436 g/mol. The predicted octanol–water partition coefficient (Wildman–Crippen LogP) is 3.57. The summed E-state index contributed by atoms with van der Waals surface area (Å²) >= 11 is 0. The second-order valence-corrected chi connectivity index (χ2v) is 8.41. The fourth-order valence-corrected chi connectivity index (χ4v) is 3.68.